The summed E-state index contributed by atoms with van der Waals surface area (Å²) >= 11 is 0. The summed E-state index contributed by atoms with van der Waals surface area (Å²) in [6.07, 6.45) is 0.991. The highest BCUT2D eigenvalue weighted by molar-refractivity contribution is 5.76. The van der Waals surface area contributed by atoms with Gasteiger partial charge in [0.1, 0.15) is 11.4 Å². The molecule has 0 aliphatic carbocycles. The summed E-state index contributed by atoms with van der Waals surface area (Å²) in [5, 5.41) is 0. The highest BCUT2D eigenvalue weighted by Crippen LogP contribution is 2.32. The van der Waals surface area contributed by atoms with Crippen molar-refractivity contribution in [1.29, 1.82) is 0 Å². The number of aromatic nitrogens is 1. The monoisotopic (exact) mass is 413 g/mol. The molecule has 0 saturated heterocycles. The Morgan fingerprint density at radius 3 is 2.16 bits per heavy atom. The van der Waals surface area contributed by atoms with Crippen LogP contribution in [0.5, 0.6) is 5.75 Å². The van der Waals surface area contributed by atoms with E-state index in [1.54, 1.807) is 0 Å². The Balaban J connectivity index is 1.49. The maximum Gasteiger partial charge on any atom is 0.305 e. The molecule has 0 unspecified atom stereocenters. The molecule has 1 aromatic heterocycles. The van der Waals surface area contributed by atoms with Crippen molar-refractivity contribution in [2.45, 2.75) is 19.4 Å². The Morgan fingerprint density at radius 1 is 0.871 bits per heavy atom. The fraction of sp³-hybridized carbons (Fsp3) is 0.154. The SMILES string of the molecule is COC(=O)CCc1ccc(OCc2nc(-c3ccccc3)c(-c3ccccc3)o2)cc1. The van der Waals surface area contributed by atoms with Gasteiger partial charge in [0.15, 0.2) is 12.4 Å². The van der Waals surface area contributed by atoms with Crippen LogP contribution in [0.15, 0.2) is 89.3 Å². The fourth-order valence-corrected chi connectivity index (χ4v) is 3.25. The van der Waals surface area contributed by atoms with Crippen LogP contribution >= 0.6 is 0 Å². The number of hydrogen-bond donors (Lipinski definition) is 0. The minimum absolute atomic E-state index is 0.215. The largest absolute Gasteiger partial charge is 0.484 e. The zero-order chi connectivity index (χ0) is 21.5. The summed E-state index contributed by atoms with van der Waals surface area (Å²) in [6, 6.07) is 27.6. The van der Waals surface area contributed by atoms with Gasteiger partial charge >= 0.3 is 5.97 Å². The van der Waals surface area contributed by atoms with Crippen LogP contribution in [0.3, 0.4) is 0 Å². The van der Waals surface area contributed by atoms with Crippen LogP contribution in [0, 0.1) is 0 Å². The number of nitrogens with zero attached hydrogens (tertiary/aromatic N) is 1. The van der Waals surface area contributed by atoms with Crippen molar-refractivity contribution in [2.75, 3.05) is 7.11 Å². The quantitative estimate of drug-likeness (QED) is 0.347. The first kappa shape index (κ1) is 20.4. The Bertz CT molecular complexity index is 1060. The zero-order valence-electron chi connectivity index (χ0n) is 17.3. The molecule has 0 fully saturated rings. The Labute approximate surface area is 181 Å². The molecule has 0 aliphatic rings. The van der Waals surface area contributed by atoms with E-state index in [1.807, 2.05) is 84.9 Å². The van der Waals surface area contributed by atoms with E-state index in [1.165, 1.54) is 7.11 Å². The van der Waals surface area contributed by atoms with E-state index in [-0.39, 0.29) is 12.6 Å². The number of aryl methyl sites for hydroxylation is 1. The number of oxazole rings is 1. The fourth-order valence-electron chi connectivity index (χ4n) is 3.25. The summed E-state index contributed by atoms with van der Waals surface area (Å²) < 4.78 is 16.7. The summed E-state index contributed by atoms with van der Waals surface area (Å²) in [7, 11) is 1.40. The van der Waals surface area contributed by atoms with Gasteiger partial charge in [-0.2, -0.15) is 0 Å². The zero-order valence-corrected chi connectivity index (χ0v) is 17.3. The third-order valence-corrected chi connectivity index (χ3v) is 4.89. The molecule has 1 heterocycles. The van der Waals surface area contributed by atoms with Crippen molar-refractivity contribution in [3.8, 4) is 28.3 Å². The van der Waals surface area contributed by atoms with Crippen molar-refractivity contribution >= 4 is 5.97 Å². The average Bonchev–Trinajstić information content (AvgIpc) is 3.27. The summed E-state index contributed by atoms with van der Waals surface area (Å²) in [6.45, 7) is 0.216. The molecule has 0 aliphatic heterocycles. The van der Waals surface area contributed by atoms with Crippen molar-refractivity contribution in [1.82, 2.24) is 4.98 Å². The molecule has 0 atom stereocenters. The molecule has 4 aromatic rings. The number of carbonyl (C=O) groups is 1. The maximum absolute atomic E-state index is 11.3. The van der Waals surface area contributed by atoms with E-state index in [0.29, 0.717) is 24.5 Å². The molecule has 31 heavy (non-hydrogen) atoms. The molecule has 3 aromatic carbocycles. The van der Waals surface area contributed by atoms with Crippen LogP contribution in [-0.4, -0.2) is 18.1 Å². The van der Waals surface area contributed by atoms with Gasteiger partial charge in [0.05, 0.1) is 7.11 Å². The third-order valence-electron chi connectivity index (χ3n) is 4.89. The molecule has 5 nitrogen and oxygen atoms in total. The maximum atomic E-state index is 11.3. The molecule has 0 amide bonds. The van der Waals surface area contributed by atoms with Gasteiger partial charge < -0.3 is 13.9 Å². The summed E-state index contributed by atoms with van der Waals surface area (Å²) in [5.41, 5.74) is 3.80. The van der Waals surface area contributed by atoms with E-state index < -0.39 is 0 Å². The number of ether oxygens (including phenoxy) is 2. The number of esters is 1. The molecule has 0 bridgehead atoms. The number of rotatable bonds is 8. The van der Waals surface area contributed by atoms with Gasteiger partial charge in [-0.1, -0.05) is 72.8 Å². The van der Waals surface area contributed by atoms with Gasteiger partial charge in [-0.3, -0.25) is 4.79 Å². The minimum atomic E-state index is -0.215. The lowest BCUT2D eigenvalue weighted by Gasteiger charge is -2.05. The lowest BCUT2D eigenvalue weighted by Crippen LogP contribution is -2.02. The number of benzene rings is 3. The molecular weight excluding hydrogens is 390 g/mol. The summed E-state index contributed by atoms with van der Waals surface area (Å²) in [5.74, 6) is 1.73. The van der Waals surface area contributed by atoms with Crippen molar-refractivity contribution in [3.05, 3.63) is 96.4 Å². The first-order chi connectivity index (χ1) is 15.2. The standard InChI is InChI=1S/C26H23NO4/c1-29-24(28)17-14-19-12-15-22(16-13-19)30-18-23-27-25(20-8-4-2-5-9-20)26(31-23)21-10-6-3-7-11-21/h2-13,15-16H,14,17-18H2,1H3. The van der Waals surface area contributed by atoms with E-state index in [4.69, 9.17) is 14.1 Å². The molecule has 0 saturated carbocycles. The smallest absolute Gasteiger partial charge is 0.305 e. The van der Waals surface area contributed by atoms with Gasteiger partial charge in [0.2, 0.25) is 5.89 Å². The molecule has 4 rings (SSSR count). The van der Waals surface area contributed by atoms with Crippen molar-refractivity contribution in [3.63, 3.8) is 0 Å². The first-order valence-electron chi connectivity index (χ1n) is 10.1. The van der Waals surface area contributed by atoms with Crippen LogP contribution in [0.25, 0.3) is 22.6 Å². The second kappa shape index (κ2) is 9.76. The van der Waals surface area contributed by atoms with E-state index >= 15 is 0 Å². The van der Waals surface area contributed by atoms with Crippen LogP contribution in [0.2, 0.25) is 0 Å². The van der Waals surface area contributed by atoms with Gasteiger partial charge in [0.25, 0.3) is 0 Å². The molecule has 0 N–H and O–H groups in total. The van der Waals surface area contributed by atoms with Crippen LogP contribution in [0.1, 0.15) is 17.9 Å². The van der Waals surface area contributed by atoms with Crippen LogP contribution < -0.4 is 4.74 Å². The number of hydrogen-bond acceptors (Lipinski definition) is 5. The van der Waals surface area contributed by atoms with Crippen LogP contribution in [0.4, 0.5) is 0 Å². The molecule has 156 valence electrons. The van der Waals surface area contributed by atoms with E-state index in [9.17, 15) is 4.79 Å². The Kier molecular flexibility index (Phi) is 6.43. The van der Waals surface area contributed by atoms with Crippen molar-refractivity contribution < 1.29 is 18.7 Å². The van der Waals surface area contributed by atoms with Gasteiger partial charge in [0, 0.05) is 17.5 Å². The van der Waals surface area contributed by atoms with Crippen LogP contribution in [-0.2, 0) is 22.6 Å². The van der Waals surface area contributed by atoms with Crippen molar-refractivity contribution in [2.24, 2.45) is 0 Å². The van der Waals surface area contributed by atoms with Gasteiger partial charge in [-0.15, -0.1) is 0 Å². The molecular formula is C26H23NO4. The third kappa shape index (κ3) is 5.20. The minimum Gasteiger partial charge on any atom is -0.484 e. The Hall–Kier alpha value is -3.86. The molecule has 0 radical (unpaired) electrons. The van der Waals surface area contributed by atoms with E-state index in [2.05, 4.69) is 4.74 Å². The molecule has 0 spiro atoms. The second-order valence-electron chi connectivity index (χ2n) is 7.03. The number of methoxy groups -OCH3 is 1. The Morgan fingerprint density at radius 2 is 1.52 bits per heavy atom. The number of carbonyl (C=O) groups excluding carboxylic acids is 1. The lowest BCUT2D eigenvalue weighted by molar-refractivity contribution is -0.140. The predicted molar refractivity (Wildman–Crippen MR) is 118 cm³/mol. The highest BCUT2D eigenvalue weighted by atomic mass is 16.5. The lowest BCUT2D eigenvalue weighted by atomic mass is 10.1. The topological polar surface area (TPSA) is 61.6 Å². The first-order valence-corrected chi connectivity index (χ1v) is 10.1. The van der Waals surface area contributed by atoms with Gasteiger partial charge in [-0.05, 0) is 24.1 Å². The second-order valence-corrected chi connectivity index (χ2v) is 7.03. The summed E-state index contributed by atoms with van der Waals surface area (Å²) in [4.78, 5) is 16.0. The molecule has 5 heteroatoms. The van der Waals surface area contributed by atoms with E-state index in [0.717, 1.165) is 28.1 Å². The normalized spacial score (nSPS) is 10.6. The van der Waals surface area contributed by atoms with Gasteiger partial charge in [-0.25, -0.2) is 4.98 Å². The predicted octanol–water partition coefficient (Wildman–Crippen LogP) is 5.69. The average molecular weight is 413 g/mol. The highest BCUT2D eigenvalue weighted by Gasteiger charge is 2.17.